The van der Waals surface area contributed by atoms with Gasteiger partial charge in [0.15, 0.2) is 0 Å². The fourth-order valence-corrected chi connectivity index (χ4v) is 21.2. The van der Waals surface area contributed by atoms with Gasteiger partial charge in [-0.3, -0.25) is 4.79 Å². The number of carboxylic acid groups (broad SMARTS) is 1. The molecule has 0 unspecified atom stereocenters. The molecule has 0 aliphatic carbocycles. The average Bonchev–Trinajstić information content (AvgIpc) is 2.75. The topological polar surface area (TPSA) is 37.3 Å². The number of hydrogen-bond acceptors (Lipinski definition) is 2. The standard InChI is InChI=1S/2C9H19.2C4H9.C3H6O2S.Sn/c2*1-4-5-6-7-8-9(2)3;2*1-3-4-2;4-3(5)1-2-6;/h2*9H,1,4-8H2,2-3H3;2*1,3-4H2,2H3;6H,1-2H2,(H,4,5);. The molecule has 0 rings (SSSR count). The van der Waals surface area contributed by atoms with E-state index >= 15 is 0 Å². The Morgan fingerprint density at radius 1 is 0.667 bits per heavy atom. The first kappa shape index (κ1) is 35.8. The van der Waals surface area contributed by atoms with Gasteiger partial charge in [0, 0.05) is 5.75 Å². The second kappa shape index (κ2) is 25.7. The van der Waals surface area contributed by atoms with Gasteiger partial charge in [0.25, 0.3) is 0 Å². The van der Waals surface area contributed by atoms with E-state index in [0.717, 1.165) is 11.8 Å². The third-order valence-electron chi connectivity index (χ3n) is 6.92. The fourth-order valence-electron chi connectivity index (χ4n) is 4.76. The molecule has 1 N–H and O–H groups in total. The van der Waals surface area contributed by atoms with E-state index in [4.69, 9.17) is 5.11 Å². The molecule has 0 aromatic heterocycles. The van der Waals surface area contributed by atoms with Gasteiger partial charge in [0.2, 0.25) is 0 Å². The van der Waals surface area contributed by atoms with Crippen LogP contribution in [-0.2, 0) is 4.79 Å². The van der Waals surface area contributed by atoms with Crippen molar-refractivity contribution in [1.29, 1.82) is 0 Å². The van der Waals surface area contributed by atoms with Crippen LogP contribution in [0, 0.1) is 11.8 Å². The van der Waals surface area contributed by atoms with Gasteiger partial charge in [-0.25, -0.2) is 0 Å². The second-order valence-electron chi connectivity index (χ2n) is 11.3. The quantitative estimate of drug-likeness (QED) is 0.0745. The van der Waals surface area contributed by atoms with Crippen LogP contribution in [0.15, 0.2) is 0 Å². The molecule has 4 heteroatoms. The van der Waals surface area contributed by atoms with Crippen LogP contribution < -0.4 is 0 Å². The first-order chi connectivity index (χ1) is 15.7. The number of aliphatic carboxylic acids is 1. The summed E-state index contributed by atoms with van der Waals surface area (Å²) in [4.78, 5) is 9.55. The zero-order valence-electron chi connectivity index (χ0n) is 23.6. The molecule has 0 aromatic rings. The van der Waals surface area contributed by atoms with E-state index in [9.17, 15) is 4.79 Å². The summed E-state index contributed by atoms with van der Waals surface area (Å²) in [6, 6.07) is 0. The molecule has 2 nitrogen and oxygen atoms in total. The molecule has 0 spiro atoms. The molecule has 33 heavy (non-hydrogen) atoms. The molecule has 0 amide bonds. The zero-order valence-corrected chi connectivity index (χ0v) is 27.3. The third-order valence-corrected chi connectivity index (χ3v) is 23.3. The van der Waals surface area contributed by atoms with Crippen LogP contribution in [0.5, 0.6) is 0 Å². The van der Waals surface area contributed by atoms with Gasteiger partial charge >= 0.3 is 185 Å². The zero-order chi connectivity index (χ0) is 25.4. The van der Waals surface area contributed by atoms with Gasteiger partial charge in [-0.1, -0.05) is 0 Å². The SMILES string of the molecule is CCC[CH2][Sn]([CH2]CCC)([CH2]CCCCCC(C)C)[CH2]CCCCCC(C)C.O=C(O)CCS. The first-order valence-electron chi connectivity index (χ1n) is 14.6. The summed E-state index contributed by atoms with van der Waals surface area (Å²) in [6.45, 7) is 14.3. The number of hydrogen-bond donors (Lipinski definition) is 2. The molecular formula is C29H62O2SSn. The van der Waals surface area contributed by atoms with E-state index in [1.54, 1.807) is 43.4 Å². The second-order valence-corrected chi connectivity index (χ2v) is 26.0. The summed E-state index contributed by atoms with van der Waals surface area (Å²) in [5.41, 5.74) is 0. The van der Waals surface area contributed by atoms with Crippen molar-refractivity contribution >= 4 is 37.0 Å². The summed E-state index contributed by atoms with van der Waals surface area (Å²) in [7, 11) is 0. The molecule has 0 atom stereocenters. The van der Waals surface area contributed by atoms with Gasteiger partial charge < -0.3 is 5.11 Å². The van der Waals surface area contributed by atoms with E-state index in [2.05, 4.69) is 54.2 Å². The van der Waals surface area contributed by atoms with Crippen molar-refractivity contribution in [2.45, 2.75) is 156 Å². The number of rotatable bonds is 22. The average molecular weight is 594 g/mol. The maximum atomic E-state index is 9.55. The van der Waals surface area contributed by atoms with Crippen LogP contribution in [0.3, 0.4) is 0 Å². The summed E-state index contributed by atoms with van der Waals surface area (Å²) >= 11 is 1.82. The number of thiol groups is 1. The maximum absolute atomic E-state index is 9.55. The predicted octanol–water partition coefficient (Wildman–Crippen LogP) is 10.6. The Morgan fingerprint density at radius 3 is 1.30 bits per heavy atom. The Labute approximate surface area is 219 Å². The molecule has 0 aliphatic rings. The maximum Gasteiger partial charge on any atom is 0.304 e. The number of carboxylic acids is 1. The monoisotopic (exact) mass is 594 g/mol. The largest absolute Gasteiger partial charge is 0.481 e. The molecule has 200 valence electrons. The van der Waals surface area contributed by atoms with Crippen molar-refractivity contribution in [3.8, 4) is 0 Å². The Morgan fingerprint density at radius 2 is 1.03 bits per heavy atom. The van der Waals surface area contributed by atoms with Gasteiger partial charge in [-0.2, -0.15) is 12.6 Å². The van der Waals surface area contributed by atoms with Crippen molar-refractivity contribution in [3.05, 3.63) is 0 Å². The Bertz CT molecular complexity index is 382. The molecule has 0 saturated carbocycles. The number of carbonyl (C=O) groups is 1. The number of unbranched alkanes of at least 4 members (excludes halogenated alkanes) is 8. The van der Waals surface area contributed by atoms with E-state index in [0.29, 0.717) is 5.75 Å². The van der Waals surface area contributed by atoms with Gasteiger partial charge in [0.05, 0.1) is 6.42 Å². The van der Waals surface area contributed by atoms with Crippen molar-refractivity contribution in [3.63, 3.8) is 0 Å². The Hall–Kier alpha value is 0.619. The molecule has 0 aliphatic heterocycles. The molecule has 0 fully saturated rings. The fraction of sp³-hybridized carbons (Fsp3) is 0.966. The summed E-state index contributed by atoms with van der Waals surface area (Å²) in [5, 5.41) is 7.86. The Balaban J connectivity index is 0. The van der Waals surface area contributed by atoms with Crippen LogP contribution in [0.25, 0.3) is 0 Å². The first-order valence-corrected chi connectivity index (χ1v) is 23.3. The minimum Gasteiger partial charge on any atom is -0.481 e. The van der Waals surface area contributed by atoms with Crippen LogP contribution in [0.2, 0.25) is 17.7 Å². The minimum atomic E-state index is -1.86. The van der Waals surface area contributed by atoms with Gasteiger partial charge in [-0.15, -0.1) is 0 Å². The van der Waals surface area contributed by atoms with Crippen molar-refractivity contribution in [1.82, 2.24) is 0 Å². The molecule has 0 heterocycles. The molecule has 0 radical (unpaired) electrons. The third kappa shape index (κ3) is 27.1. The molecule has 0 aromatic carbocycles. The van der Waals surface area contributed by atoms with Gasteiger partial charge in [0.1, 0.15) is 0 Å². The summed E-state index contributed by atoms with van der Waals surface area (Å²) < 4.78 is 6.87. The minimum absolute atomic E-state index is 0.156. The summed E-state index contributed by atoms with van der Waals surface area (Å²) in [5.74, 6) is 1.43. The smallest absolute Gasteiger partial charge is 0.304 e. The normalized spacial score (nSPS) is 11.7. The van der Waals surface area contributed by atoms with Crippen LogP contribution in [0.4, 0.5) is 0 Å². The van der Waals surface area contributed by atoms with Crippen LogP contribution in [-0.4, -0.2) is 35.2 Å². The molecule has 0 saturated heterocycles. The molecule has 0 bridgehead atoms. The predicted molar refractivity (Wildman–Crippen MR) is 157 cm³/mol. The Kier molecular flexibility index (Phi) is 27.9. The van der Waals surface area contributed by atoms with E-state index in [1.807, 2.05) is 0 Å². The van der Waals surface area contributed by atoms with E-state index in [-0.39, 0.29) is 6.42 Å². The summed E-state index contributed by atoms with van der Waals surface area (Å²) in [6.07, 6.45) is 21.1. The molecular weight excluding hydrogens is 531 g/mol. The van der Waals surface area contributed by atoms with Crippen LogP contribution >= 0.6 is 12.6 Å². The van der Waals surface area contributed by atoms with E-state index < -0.39 is 24.3 Å². The van der Waals surface area contributed by atoms with E-state index in [1.165, 1.54) is 64.2 Å². The van der Waals surface area contributed by atoms with Crippen molar-refractivity contribution in [2.24, 2.45) is 11.8 Å². The van der Waals surface area contributed by atoms with Gasteiger partial charge in [-0.05, 0) is 0 Å². The van der Waals surface area contributed by atoms with Crippen molar-refractivity contribution < 1.29 is 9.90 Å². The van der Waals surface area contributed by atoms with Crippen LogP contribution in [0.1, 0.15) is 138 Å². The van der Waals surface area contributed by atoms with Crippen molar-refractivity contribution in [2.75, 3.05) is 5.75 Å².